The summed E-state index contributed by atoms with van der Waals surface area (Å²) in [6.07, 6.45) is 1.04. The van der Waals surface area contributed by atoms with Crippen molar-refractivity contribution in [3.8, 4) is 5.75 Å². The van der Waals surface area contributed by atoms with Gasteiger partial charge in [-0.3, -0.25) is 0 Å². The van der Waals surface area contributed by atoms with Gasteiger partial charge in [0.2, 0.25) is 5.79 Å². The van der Waals surface area contributed by atoms with Gasteiger partial charge in [0.1, 0.15) is 5.75 Å². The molecule has 0 aliphatic carbocycles. The third kappa shape index (κ3) is 5.70. The first kappa shape index (κ1) is 17.5. The number of hydrogen-bond donors (Lipinski definition) is 1. The van der Waals surface area contributed by atoms with Crippen LogP contribution in [0.5, 0.6) is 5.75 Å². The van der Waals surface area contributed by atoms with Gasteiger partial charge in [0.15, 0.2) is 0 Å². The minimum absolute atomic E-state index is 0.476. The Morgan fingerprint density at radius 3 is 2.04 bits per heavy atom. The minimum Gasteiger partial charge on any atom is -0.462 e. The highest BCUT2D eigenvalue weighted by Crippen LogP contribution is 2.23. The van der Waals surface area contributed by atoms with Gasteiger partial charge in [-0.1, -0.05) is 62.4 Å². The van der Waals surface area contributed by atoms with Crippen molar-refractivity contribution >= 4 is 0 Å². The quantitative estimate of drug-likeness (QED) is 0.716. The molecule has 0 radical (unpaired) electrons. The van der Waals surface area contributed by atoms with Gasteiger partial charge in [0.05, 0.1) is 0 Å². The van der Waals surface area contributed by atoms with E-state index in [1.807, 2.05) is 60.7 Å². The number of aliphatic hydroxyl groups is 1. The van der Waals surface area contributed by atoms with Crippen molar-refractivity contribution in [2.75, 3.05) is 19.6 Å². The van der Waals surface area contributed by atoms with Crippen LogP contribution >= 0.6 is 0 Å². The van der Waals surface area contributed by atoms with Crippen molar-refractivity contribution < 1.29 is 9.84 Å². The molecule has 1 unspecified atom stereocenters. The monoisotopic (exact) mass is 313 g/mol. The van der Waals surface area contributed by atoms with E-state index in [1.165, 1.54) is 0 Å². The molecule has 2 rings (SSSR count). The third-order valence-electron chi connectivity index (χ3n) is 4.09. The first-order valence-electron chi connectivity index (χ1n) is 8.38. The summed E-state index contributed by atoms with van der Waals surface area (Å²) in [5, 5.41) is 11.1. The second kappa shape index (κ2) is 8.70. The number of ether oxygens (including phenoxy) is 1. The molecule has 0 aromatic heterocycles. The van der Waals surface area contributed by atoms with Crippen LogP contribution in [0.2, 0.25) is 0 Å². The van der Waals surface area contributed by atoms with Gasteiger partial charge in [0, 0.05) is 19.4 Å². The van der Waals surface area contributed by atoms with E-state index in [0.717, 1.165) is 25.2 Å². The van der Waals surface area contributed by atoms with Crippen LogP contribution in [0.25, 0.3) is 0 Å². The van der Waals surface area contributed by atoms with E-state index in [9.17, 15) is 5.11 Å². The Bertz CT molecular complexity index is 511. The lowest BCUT2D eigenvalue weighted by atomic mass is 10.0. The molecule has 0 aliphatic heterocycles. The van der Waals surface area contributed by atoms with Gasteiger partial charge in [0.25, 0.3) is 0 Å². The van der Waals surface area contributed by atoms with Crippen LogP contribution in [-0.2, 0) is 6.42 Å². The van der Waals surface area contributed by atoms with E-state index in [0.29, 0.717) is 18.6 Å². The molecule has 23 heavy (non-hydrogen) atoms. The zero-order chi connectivity index (χ0) is 16.5. The van der Waals surface area contributed by atoms with Gasteiger partial charge in [-0.05, 0) is 30.8 Å². The van der Waals surface area contributed by atoms with Gasteiger partial charge >= 0.3 is 0 Å². The summed E-state index contributed by atoms with van der Waals surface area (Å²) < 4.78 is 5.97. The van der Waals surface area contributed by atoms with Gasteiger partial charge in [-0.25, -0.2) is 0 Å². The normalized spacial score (nSPS) is 13.7. The molecule has 0 fully saturated rings. The van der Waals surface area contributed by atoms with E-state index in [2.05, 4.69) is 18.7 Å². The topological polar surface area (TPSA) is 32.7 Å². The van der Waals surface area contributed by atoms with E-state index < -0.39 is 5.79 Å². The van der Waals surface area contributed by atoms with Crippen molar-refractivity contribution in [1.29, 1.82) is 0 Å². The largest absolute Gasteiger partial charge is 0.462 e. The Labute approximate surface area is 139 Å². The molecule has 3 nitrogen and oxygen atoms in total. The summed E-state index contributed by atoms with van der Waals surface area (Å²) in [5.74, 6) is -0.504. The van der Waals surface area contributed by atoms with Crippen molar-refractivity contribution in [2.24, 2.45) is 0 Å². The molecule has 0 spiro atoms. The lowest BCUT2D eigenvalue weighted by Gasteiger charge is -2.31. The highest BCUT2D eigenvalue weighted by Gasteiger charge is 2.30. The van der Waals surface area contributed by atoms with Crippen LogP contribution in [0.3, 0.4) is 0 Å². The van der Waals surface area contributed by atoms with E-state index in [1.54, 1.807) is 0 Å². The summed E-state index contributed by atoms with van der Waals surface area (Å²) in [6, 6.07) is 19.6. The van der Waals surface area contributed by atoms with Crippen LogP contribution in [0, 0.1) is 0 Å². The molecule has 2 aromatic rings. The van der Waals surface area contributed by atoms with Crippen LogP contribution in [0.4, 0.5) is 0 Å². The predicted molar refractivity (Wildman–Crippen MR) is 94.6 cm³/mol. The van der Waals surface area contributed by atoms with Gasteiger partial charge in [-0.15, -0.1) is 0 Å². The summed E-state index contributed by atoms with van der Waals surface area (Å²) >= 11 is 0. The lowest BCUT2D eigenvalue weighted by Crippen LogP contribution is -2.42. The average molecular weight is 313 g/mol. The molecule has 0 saturated carbocycles. The number of nitrogens with zero attached hydrogens (tertiary/aromatic N) is 1. The van der Waals surface area contributed by atoms with Gasteiger partial charge in [-0.2, -0.15) is 0 Å². The second-order valence-electron chi connectivity index (χ2n) is 5.80. The maximum atomic E-state index is 11.1. The summed E-state index contributed by atoms with van der Waals surface area (Å²) in [7, 11) is 0. The smallest absolute Gasteiger partial charge is 0.213 e. The zero-order valence-electron chi connectivity index (χ0n) is 14.1. The molecule has 0 amide bonds. The molecule has 2 aromatic carbocycles. The third-order valence-corrected chi connectivity index (χ3v) is 4.09. The molecule has 0 bridgehead atoms. The summed E-state index contributed by atoms with van der Waals surface area (Å²) in [5.41, 5.74) is 1.07. The second-order valence-corrected chi connectivity index (χ2v) is 5.80. The van der Waals surface area contributed by atoms with Crippen molar-refractivity contribution in [1.82, 2.24) is 4.90 Å². The SMILES string of the molecule is CCN(CC)CCC(O)(Cc1ccccc1)Oc1ccccc1. The maximum absolute atomic E-state index is 11.1. The van der Waals surface area contributed by atoms with Crippen molar-refractivity contribution in [3.63, 3.8) is 0 Å². The molecule has 1 atom stereocenters. The highest BCUT2D eigenvalue weighted by molar-refractivity contribution is 5.23. The first-order chi connectivity index (χ1) is 11.1. The Hall–Kier alpha value is -1.84. The highest BCUT2D eigenvalue weighted by atomic mass is 16.6. The molecule has 0 saturated heterocycles. The fraction of sp³-hybridized carbons (Fsp3) is 0.400. The van der Waals surface area contributed by atoms with E-state index >= 15 is 0 Å². The maximum Gasteiger partial charge on any atom is 0.213 e. The lowest BCUT2D eigenvalue weighted by molar-refractivity contribution is -0.144. The van der Waals surface area contributed by atoms with Crippen LogP contribution in [0.1, 0.15) is 25.8 Å². The predicted octanol–water partition coefficient (Wildman–Crippen LogP) is 3.73. The standard InChI is InChI=1S/C20H27NO2/c1-3-21(4-2)16-15-20(22,17-18-11-7-5-8-12-18)23-19-13-9-6-10-14-19/h5-14,22H,3-4,15-17H2,1-2H3. The molecular weight excluding hydrogens is 286 g/mol. The minimum atomic E-state index is -1.20. The van der Waals surface area contributed by atoms with Crippen LogP contribution < -0.4 is 4.74 Å². The van der Waals surface area contributed by atoms with E-state index in [-0.39, 0.29) is 0 Å². The molecular formula is C20H27NO2. The Balaban J connectivity index is 2.12. The Kier molecular flexibility index (Phi) is 6.63. The Morgan fingerprint density at radius 1 is 0.913 bits per heavy atom. The number of benzene rings is 2. The fourth-order valence-electron chi connectivity index (χ4n) is 2.67. The number of rotatable bonds is 9. The molecule has 124 valence electrons. The van der Waals surface area contributed by atoms with Crippen LogP contribution in [0.15, 0.2) is 60.7 Å². The molecule has 0 heterocycles. The molecule has 3 heteroatoms. The fourth-order valence-corrected chi connectivity index (χ4v) is 2.67. The zero-order valence-corrected chi connectivity index (χ0v) is 14.1. The summed E-state index contributed by atoms with van der Waals surface area (Å²) in [4.78, 5) is 2.30. The molecule has 1 N–H and O–H groups in total. The Morgan fingerprint density at radius 2 is 1.48 bits per heavy atom. The first-order valence-corrected chi connectivity index (χ1v) is 8.38. The van der Waals surface area contributed by atoms with Crippen molar-refractivity contribution in [2.45, 2.75) is 32.5 Å². The van der Waals surface area contributed by atoms with Gasteiger partial charge < -0.3 is 14.7 Å². The number of para-hydroxylation sites is 1. The number of hydrogen-bond acceptors (Lipinski definition) is 3. The summed E-state index contributed by atoms with van der Waals surface area (Å²) in [6.45, 7) is 7.03. The van der Waals surface area contributed by atoms with Crippen LogP contribution in [-0.4, -0.2) is 35.4 Å². The average Bonchev–Trinajstić information content (AvgIpc) is 2.57. The van der Waals surface area contributed by atoms with E-state index in [4.69, 9.17) is 4.74 Å². The molecule has 0 aliphatic rings. The van der Waals surface area contributed by atoms with Crippen molar-refractivity contribution in [3.05, 3.63) is 66.2 Å².